The third-order valence-electron chi connectivity index (χ3n) is 4.99. The second-order valence-corrected chi connectivity index (χ2v) is 7.84. The molecule has 0 amide bonds. The molecule has 2 aliphatic rings. The van der Waals surface area contributed by atoms with Gasteiger partial charge in [0.05, 0.1) is 18.8 Å². The predicted molar refractivity (Wildman–Crippen MR) is 122 cm³/mol. The van der Waals surface area contributed by atoms with E-state index in [0.717, 1.165) is 51.7 Å². The molecule has 1 aromatic heterocycles. The van der Waals surface area contributed by atoms with Gasteiger partial charge in [0.1, 0.15) is 0 Å². The van der Waals surface area contributed by atoms with E-state index < -0.39 is 0 Å². The molecule has 0 aromatic carbocycles. The van der Waals surface area contributed by atoms with Crippen molar-refractivity contribution in [2.45, 2.75) is 37.8 Å². The number of likely N-dealkylation sites (tertiary alicyclic amines) is 1. The van der Waals surface area contributed by atoms with Crippen molar-refractivity contribution in [3.05, 3.63) is 22.4 Å². The van der Waals surface area contributed by atoms with Crippen LogP contribution in [0.1, 0.15) is 36.6 Å². The highest BCUT2D eigenvalue weighted by atomic mass is 127. The summed E-state index contributed by atoms with van der Waals surface area (Å²) in [4.78, 5) is 8.38. The summed E-state index contributed by atoms with van der Waals surface area (Å²) in [5.74, 6) is 0.870. The van der Waals surface area contributed by atoms with Crippen LogP contribution in [0.5, 0.6) is 0 Å². The quantitative estimate of drug-likeness (QED) is 0.233. The van der Waals surface area contributed by atoms with Crippen molar-refractivity contribution in [2.24, 2.45) is 4.99 Å². The Kier molecular flexibility index (Phi) is 10.9. The van der Waals surface area contributed by atoms with Crippen LogP contribution in [-0.4, -0.2) is 70.0 Å². The van der Waals surface area contributed by atoms with E-state index in [0.29, 0.717) is 12.1 Å². The molecule has 2 aliphatic heterocycles. The van der Waals surface area contributed by atoms with Gasteiger partial charge in [0.15, 0.2) is 5.96 Å². The molecule has 3 heterocycles. The lowest BCUT2D eigenvalue weighted by Gasteiger charge is -2.27. The summed E-state index contributed by atoms with van der Waals surface area (Å²) in [6.45, 7) is 6.48. The Morgan fingerprint density at radius 3 is 2.93 bits per heavy atom. The zero-order chi connectivity index (χ0) is 18.0. The molecule has 0 spiro atoms. The van der Waals surface area contributed by atoms with E-state index in [9.17, 15) is 0 Å². The number of hydrogen-bond acceptors (Lipinski definition) is 5. The van der Waals surface area contributed by atoms with E-state index in [1.165, 1.54) is 30.8 Å². The van der Waals surface area contributed by atoms with Crippen LogP contribution < -0.4 is 10.6 Å². The normalized spacial score (nSPS) is 21.8. The summed E-state index contributed by atoms with van der Waals surface area (Å²) in [5, 5.41) is 9.08. The lowest BCUT2D eigenvalue weighted by Crippen LogP contribution is -2.43. The number of nitrogens with one attached hydrogen (secondary N) is 2. The van der Waals surface area contributed by atoms with E-state index in [4.69, 9.17) is 9.47 Å². The van der Waals surface area contributed by atoms with Gasteiger partial charge in [-0.15, -0.1) is 35.3 Å². The van der Waals surface area contributed by atoms with Crippen LogP contribution >= 0.6 is 35.3 Å². The molecular weight excluding hydrogens is 475 g/mol. The molecule has 27 heavy (non-hydrogen) atoms. The Hall–Kier alpha value is -0.420. The largest absolute Gasteiger partial charge is 0.379 e. The van der Waals surface area contributed by atoms with Gasteiger partial charge in [-0.25, -0.2) is 0 Å². The average molecular weight is 508 g/mol. The van der Waals surface area contributed by atoms with Crippen LogP contribution in [0.2, 0.25) is 0 Å². The van der Waals surface area contributed by atoms with Gasteiger partial charge in [-0.2, -0.15) is 0 Å². The fraction of sp³-hybridized carbons (Fsp3) is 0.737. The third kappa shape index (κ3) is 7.49. The smallest absolute Gasteiger partial charge is 0.191 e. The molecule has 0 saturated carbocycles. The second-order valence-electron chi connectivity index (χ2n) is 6.86. The number of thiophene rings is 1. The van der Waals surface area contributed by atoms with Crippen LogP contribution in [0.4, 0.5) is 0 Å². The van der Waals surface area contributed by atoms with Gasteiger partial charge in [-0.3, -0.25) is 9.89 Å². The Morgan fingerprint density at radius 2 is 2.26 bits per heavy atom. The predicted octanol–water partition coefficient (Wildman–Crippen LogP) is 2.86. The first-order valence-electron chi connectivity index (χ1n) is 9.78. The van der Waals surface area contributed by atoms with Crippen molar-refractivity contribution in [3.8, 4) is 0 Å². The van der Waals surface area contributed by atoms with E-state index in [-0.39, 0.29) is 24.0 Å². The molecule has 2 N–H and O–H groups in total. The number of halogens is 1. The van der Waals surface area contributed by atoms with Crippen molar-refractivity contribution in [1.82, 2.24) is 15.5 Å². The van der Waals surface area contributed by atoms with Crippen LogP contribution in [0.3, 0.4) is 0 Å². The Morgan fingerprint density at radius 1 is 1.41 bits per heavy atom. The number of aliphatic imine (C=N–C) groups is 1. The molecule has 0 aliphatic carbocycles. The van der Waals surface area contributed by atoms with Gasteiger partial charge in [-0.1, -0.05) is 6.07 Å². The number of hydrogen-bond donors (Lipinski definition) is 2. The molecule has 3 rings (SSSR count). The summed E-state index contributed by atoms with van der Waals surface area (Å²) >= 11 is 1.84. The number of guanidine groups is 1. The highest BCUT2D eigenvalue weighted by molar-refractivity contribution is 14.0. The van der Waals surface area contributed by atoms with Crippen LogP contribution in [0.15, 0.2) is 22.5 Å². The van der Waals surface area contributed by atoms with Crippen molar-refractivity contribution >= 4 is 41.3 Å². The minimum atomic E-state index is 0. The zero-order valence-electron chi connectivity index (χ0n) is 16.2. The van der Waals surface area contributed by atoms with Crippen molar-refractivity contribution in [2.75, 3.05) is 53.0 Å². The highest BCUT2D eigenvalue weighted by Crippen LogP contribution is 2.27. The van der Waals surface area contributed by atoms with E-state index in [2.05, 4.69) is 38.0 Å². The third-order valence-corrected chi connectivity index (χ3v) is 5.97. The average Bonchev–Trinajstić information content (AvgIpc) is 3.43. The molecule has 154 valence electrons. The maximum Gasteiger partial charge on any atom is 0.191 e. The Balaban J connectivity index is 0.00000261. The lowest BCUT2D eigenvalue weighted by atomic mass is 10.2. The van der Waals surface area contributed by atoms with Crippen molar-refractivity contribution < 1.29 is 9.47 Å². The first kappa shape index (κ1) is 22.9. The van der Waals surface area contributed by atoms with Crippen molar-refractivity contribution in [3.63, 3.8) is 0 Å². The summed E-state index contributed by atoms with van der Waals surface area (Å²) < 4.78 is 11.1. The van der Waals surface area contributed by atoms with E-state index >= 15 is 0 Å². The molecule has 0 radical (unpaired) electrons. The van der Waals surface area contributed by atoms with Crippen LogP contribution in [0.25, 0.3) is 0 Å². The number of ether oxygens (including phenoxy) is 2. The lowest BCUT2D eigenvalue weighted by molar-refractivity contribution is 0.0420. The maximum absolute atomic E-state index is 5.80. The van der Waals surface area contributed by atoms with Gasteiger partial charge in [0.25, 0.3) is 0 Å². The fourth-order valence-corrected chi connectivity index (χ4v) is 4.39. The van der Waals surface area contributed by atoms with Gasteiger partial charge in [0, 0.05) is 38.2 Å². The molecule has 2 fully saturated rings. The summed E-state index contributed by atoms with van der Waals surface area (Å²) in [7, 11) is 1.83. The van der Waals surface area contributed by atoms with Crippen LogP contribution in [-0.2, 0) is 9.47 Å². The monoisotopic (exact) mass is 508 g/mol. The molecule has 2 unspecified atom stereocenters. The molecule has 0 bridgehead atoms. The SMILES string of the molecule is CN=C(NCCCOC1CCOC1)NCC(c1cccs1)N1CCCC1.I. The Bertz CT molecular complexity index is 532. The number of rotatable bonds is 9. The summed E-state index contributed by atoms with van der Waals surface area (Å²) in [6, 6.07) is 4.82. The fourth-order valence-electron chi connectivity index (χ4n) is 3.53. The topological polar surface area (TPSA) is 58.1 Å². The minimum absolute atomic E-state index is 0. The molecule has 2 atom stereocenters. The zero-order valence-corrected chi connectivity index (χ0v) is 19.3. The molecule has 1 aromatic rings. The molecule has 2 saturated heterocycles. The second kappa shape index (κ2) is 12.9. The van der Waals surface area contributed by atoms with Gasteiger partial charge >= 0.3 is 0 Å². The van der Waals surface area contributed by atoms with E-state index in [1.807, 2.05) is 18.4 Å². The van der Waals surface area contributed by atoms with E-state index in [1.54, 1.807) is 0 Å². The molecule has 6 nitrogen and oxygen atoms in total. The first-order chi connectivity index (χ1) is 12.9. The standard InChI is InChI=1S/C19H32N4O2S.HI/c1-20-19(21-8-5-11-25-16-7-12-24-15-16)22-14-17(18-6-4-13-26-18)23-9-2-3-10-23;/h4,6,13,16-17H,2-3,5,7-12,14-15H2,1H3,(H2,20,21,22);1H. The van der Waals surface area contributed by atoms with Gasteiger partial charge in [0.2, 0.25) is 0 Å². The first-order valence-corrected chi connectivity index (χ1v) is 10.7. The maximum atomic E-state index is 5.80. The molecular formula is C19H33IN4O2S. The summed E-state index contributed by atoms with van der Waals surface area (Å²) in [6.07, 6.45) is 4.90. The summed E-state index contributed by atoms with van der Waals surface area (Å²) in [5.41, 5.74) is 0. The highest BCUT2D eigenvalue weighted by Gasteiger charge is 2.24. The number of nitrogens with zero attached hydrogens (tertiary/aromatic N) is 2. The van der Waals surface area contributed by atoms with Crippen LogP contribution in [0, 0.1) is 0 Å². The Labute approximate surface area is 184 Å². The van der Waals surface area contributed by atoms with Gasteiger partial charge in [-0.05, 0) is 50.2 Å². The minimum Gasteiger partial charge on any atom is -0.379 e. The van der Waals surface area contributed by atoms with Gasteiger partial charge < -0.3 is 20.1 Å². The van der Waals surface area contributed by atoms with Crippen molar-refractivity contribution in [1.29, 1.82) is 0 Å². The molecule has 8 heteroatoms.